The van der Waals surface area contributed by atoms with Gasteiger partial charge in [0.05, 0.1) is 13.2 Å². The van der Waals surface area contributed by atoms with Gasteiger partial charge >= 0.3 is 5.97 Å². The molecule has 140 valence electrons. The molecule has 1 rings (SSSR count). The van der Waals surface area contributed by atoms with E-state index in [1.165, 1.54) is 7.11 Å². The van der Waals surface area contributed by atoms with Crippen LogP contribution in [0.2, 0.25) is 0 Å². The zero-order valence-electron chi connectivity index (χ0n) is 15.0. The second-order valence-corrected chi connectivity index (χ2v) is 6.85. The number of methoxy groups -OCH3 is 1. The summed E-state index contributed by atoms with van der Waals surface area (Å²) in [5, 5.41) is 3.02. The largest absolute Gasteiger partial charge is 0.468 e. The first-order valence-electron chi connectivity index (χ1n) is 7.33. The van der Waals surface area contributed by atoms with Crippen molar-refractivity contribution in [1.29, 1.82) is 0 Å². The number of carbonyl (C=O) groups excluding carboxylic acids is 2. The van der Waals surface area contributed by atoms with Crippen molar-refractivity contribution in [1.82, 2.24) is 10.2 Å². The maximum atomic E-state index is 12.5. The van der Waals surface area contributed by atoms with Gasteiger partial charge < -0.3 is 10.1 Å². The SMILES string of the molecule is COC(=O)[C@@H]1CCCN1[C@H](C(=O)NC(C)(C)C)C(C)C.S.S.S. The Balaban J connectivity index is -0.00000133. The molecule has 1 heterocycles. The molecule has 0 radical (unpaired) electrons. The van der Waals surface area contributed by atoms with Gasteiger partial charge in [0.25, 0.3) is 0 Å². The fourth-order valence-electron chi connectivity index (χ4n) is 2.79. The third-order valence-corrected chi connectivity index (χ3v) is 3.52. The van der Waals surface area contributed by atoms with E-state index in [4.69, 9.17) is 4.74 Å². The van der Waals surface area contributed by atoms with Crippen LogP contribution >= 0.6 is 40.5 Å². The van der Waals surface area contributed by atoms with Gasteiger partial charge in [0.1, 0.15) is 6.04 Å². The average Bonchev–Trinajstić information content (AvgIpc) is 2.74. The maximum absolute atomic E-state index is 12.5. The second-order valence-electron chi connectivity index (χ2n) is 6.85. The van der Waals surface area contributed by atoms with Gasteiger partial charge in [-0.15, -0.1) is 0 Å². The number of hydrogen-bond acceptors (Lipinski definition) is 4. The molecule has 1 aliphatic heterocycles. The molecule has 0 aromatic heterocycles. The van der Waals surface area contributed by atoms with Crippen molar-refractivity contribution in [2.24, 2.45) is 5.92 Å². The minimum atomic E-state index is -0.293. The molecule has 0 aliphatic carbocycles. The quantitative estimate of drug-likeness (QED) is 0.750. The summed E-state index contributed by atoms with van der Waals surface area (Å²) < 4.78 is 4.86. The Kier molecular flexibility index (Phi) is 13.9. The van der Waals surface area contributed by atoms with E-state index in [1.54, 1.807) is 0 Å². The topological polar surface area (TPSA) is 58.6 Å². The van der Waals surface area contributed by atoms with Crippen LogP contribution in [0, 0.1) is 5.92 Å². The molecule has 0 saturated carbocycles. The van der Waals surface area contributed by atoms with Crippen molar-refractivity contribution < 1.29 is 14.3 Å². The number of amides is 1. The molecule has 1 amide bonds. The van der Waals surface area contributed by atoms with Crippen LogP contribution < -0.4 is 5.32 Å². The van der Waals surface area contributed by atoms with Crippen molar-refractivity contribution in [3.63, 3.8) is 0 Å². The van der Waals surface area contributed by atoms with Crippen LogP contribution in [0.1, 0.15) is 47.5 Å². The minimum absolute atomic E-state index is 0. The molecule has 5 nitrogen and oxygen atoms in total. The molecule has 23 heavy (non-hydrogen) atoms. The second kappa shape index (κ2) is 11.5. The molecule has 2 atom stereocenters. The van der Waals surface area contributed by atoms with E-state index in [0.717, 1.165) is 19.4 Å². The summed E-state index contributed by atoms with van der Waals surface area (Å²) in [6.07, 6.45) is 1.68. The lowest BCUT2D eigenvalue weighted by molar-refractivity contribution is -0.148. The number of esters is 1. The normalized spacial score (nSPS) is 19.0. The third kappa shape index (κ3) is 8.05. The summed E-state index contributed by atoms with van der Waals surface area (Å²) in [7, 11) is 1.40. The van der Waals surface area contributed by atoms with Crippen molar-refractivity contribution in [2.75, 3.05) is 13.7 Å². The number of nitrogens with zero attached hydrogens (tertiary/aromatic N) is 1. The van der Waals surface area contributed by atoms with Crippen molar-refractivity contribution in [3.8, 4) is 0 Å². The number of nitrogens with one attached hydrogen (secondary N) is 1. The molecule has 0 spiro atoms. The van der Waals surface area contributed by atoms with E-state index in [9.17, 15) is 9.59 Å². The predicted molar refractivity (Wildman–Crippen MR) is 109 cm³/mol. The summed E-state index contributed by atoms with van der Waals surface area (Å²) in [6.45, 7) is 10.7. The molecule has 1 N–H and O–H groups in total. The van der Waals surface area contributed by atoms with Gasteiger partial charge in [-0.1, -0.05) is 13.8 Å². The first-order chi connectivity index (χ1) is 9.17. The Morgan fingerprint density at radius 2 is 1.70 bits per heavy atom. The van der Waals surface area contributed by atoms with E-state index in [-0.39, 0.29) is 75.9 Å². The fraction of sp³-hybridized carbons (Fsp3) is 0.867. The summed E-state index contributed by atoms with van der Waals surface area (Å²) >= 11 is 0. The van der Waals surface area contributed by atoms with Gasteiger partial charge in [0.15, 0.2) is 0 Å². The van der Waals surface area contributed by atoms with Crippen molar-refractivity contribution in [2.45, 2.75) is 65.1 Å². The van der Waals surface area contributed by atoms with Crippen molar-refractivity contribution >= 4 is 52.4 Å². The van der Waals surface area contributed by atoms with Gasteiger partial charge in [-0.3, -0.25) is 14.5 Å². The highest BCUT2D eigenvalue weighted by molar-refractivity contribution is 7.59. The first kappa shape index (κ1) is 27.8. The van der Waals surface area contributed by atoms with Gasteiger partial charge in [-0.25, -0.2) is 0 Å². The van der Waals surface area contributed by atoms with E-state index in [1.807, 2.05) is 39.5 Å². The fourth-order valence-corrected chi connectivity index (χ4v) is 2.79. The molecule has 0 aromatic carbocycles. The van der Waals surface area contributed by atoms with Crippen LogP contribution in [0.25, 0.3) is 0 Å². The molecular formula is C15H34N2O3S3. The Labute approximate surface area is 161 Å². The number of likely N-dealkylation sites (tertiary alicyclic amines) is 1. The van der Waals surface area contributed by atoms with Crippen molar-refractivity contribution in [3.05, 3.63) is 0 Å². The van der Waals surface area contributed by atoms with Gasteiger partial charge in [-0.2, -0.15) is 40.5 Å². The molecule has 0 bridgehead atoms. The minimum Gasteiger partial charge on any atom is -0.468 e. The van der Waals surface area contributed by atoms with Crippen LogP contribution in [0.4, 0.5) is 0 Å². The van der Waals surface area contributed by atoms with Crippen LogP contribution in [-0.4, -0.2) is 48.1 Å². The number of ether oxygens (including phenoxy) is 1. The Bertz CT molecular complexity index is 373. The molecule has 1 fully saturated rings. The molecule has 0 aromatic rings. The zero-order valence-corrected chi connectivity index (χ0v) is 18.0. The summed E-state index contributed by atoms with van der Waals surface area (Å²) in [4.78, 5) is 26.4. The summed E-state index contributed by atoms with van der Waals surface area (Å²) in [5.74, 6) is -0.109. The smallest absolute Gasteiger partial charge is 0.323 e. The standard InChI is InChI=1S/C15H28N2O3.3H2S/c1-10(2)12(13(18)16-15(3,4)5)17-9-7-8-11(17)14(19)20-6;;;/h10-12H,7-9H2,1-6H3,(H,16,18);3*1H2/t11-,12-;;;/m0.../s1. The molecule has 0 unspecified atom stereocenters. The van der Waals surface area contributed by atoms with Gasteiger partial charge in [0, 0.05) is 5.54 Å². The van der Waals surface area contributed by atoms with Crippen LogP contribution in [0.5, 0.6) is 0 Å². The van der Waals surface area contributed by atoms with Crippen LogP contribution in [0.15, 0.2) is 0 Å². The van der Waals surface area contributed by atoms with Crippen LogP contribution in [0.3, 0.4) is 0 Å². The molecule has 1 saturated heterocycles. The summed E-state index contributed by atoms with van der Waals surface area (Å²) in [6, 6.07) is -0.584. The number of hydrogen-bond donors (Lipinski definition) is 1. The molecule has 8 heteroatoms. The highest BCUT2D eigenvalue weighted by atomic mass is 32.1. The highest BCUT2D eigenvalue weighted by Gasteiger charge is 2.41. The Morgan fingerprint density at radius 1 is 1.17 bits per heavy atom. The molecular weight excluding hydrogens is 352 g/mol. The summed E-state index contributed by atoms with van der Waals surface area (Å²) in [5.41, 5.74) is -0.273. The Morgan fingerprint density at radius 3 is 2.09 bits per heavy atom. The highest BCUT2D eigenvalue weighted by Crippen LogP contribution is 2.25. The first-order valence-corrected chi connectivity index (χ1v) is 7.33. The van der Waals surface area contributed by atoms with Crippen LogP contribution in [-0.2, 0) is 14.3 Å². The van der Waals surface area contributed by atoms with Gasteiger partial charge in [-0.05, 0) is 46.1 Å². The van der Waals surface area contributed by atoms with Gasteiger partial charge in [0.2, 0.25) is 5.91 Å². The maximum Gasteiger partial charge on any atom is 0.323 e. The van der Waals surface area contributed by atoms with E-state index >= 15 is 0 Å². The average molecular weight is 387 g/mol. The lowest BCUT2D eigenvalue weighted by atomic mass is 9.98. The lowest BCUT2D eigenvalue weighted by Gasteiger charge is -2.35. The monoisotopic (exact) mass is 386 g/mol. The lowest BCUT2D eigenvalue weighted by Crippen LogP contribution is -2.56. The van der Waals surface area contributed by atoms with E-state index in [0.29, 0.717) is 0 Å². The Hall–Kier alpha value is -0.0500. The number of carbonyl (C=O) groups is 2. The third-order valence-electron chi connectivity index (χ3n) is 3.52. The van der Waals surface area contributed by atoms with E-state index < -0.39 is 0 Å². The predicted octanol–water partition coefficient (Wildman–Crippen LogP) is 1.90. The number of rotatable bonds is 4. The molecule has 1 aliphatic rings. The zero-order chi connectivity index (χ0) is 15.5. The van der Waals surface area contributed by atoms with E-state index in [2.05, 4.69) is 5.32 Å².